The molecule has 25 heavy (non-hydrogen) atoms. The van der Waals surface area contributed by atoms with Crippen LogP contribution in [-0.4, -0.2) is 38.3 Å². The van der Waals surface area contributed by atoms with Crippen LogP contribution >= 0.6 is 0 Å². The van der Waals surface area contributed by atoms with Crippen molar-refractivity contribution in [2.45, 2.75) is 12.7 Å². The number of fused-ring (bicyclic) bond motifs is 1. The zero-order chi connectivity index (χ0) is 17.9. The smallest absolute Gasteiger partial charge is 0.422 e. The maximum absolute atomic E-state index is 12.3. The zero-order valence-corrected chi connectivity index (χ0v) is 12.7. The summed E-state index contributed by atoms with van der Waals surface area (Å²) in [6, 6.07) is 8.10. The summed E-state index contributed by atoms with van der Waals surface area (Å²) in [4.78, 5) is 15.9. The van der Waals surface area contributed by atoms with Gasteiger partial charge in [-0.3, -0.25) is 9.20 Å². The van der Waals surface area contributed by atoms with E-state index in [4.69, 9.17) is 0 Å². The predicted molar refractivity (Wildman–Crippen MR) is 79.9 cm³/mol. The molecule has 3 rings (SSSR count). The minimum atomic E-state index is -4.52. The Bertz CT molecular complexity index is 894. The summed E-state index contributed by atoms with van der Waals surface area (Å²) >= 11 is 0. The standard InChI is InChI=1S/C15H12F3N5O2/c16-15(17,18)9-25-14-10(4-3-6-19-14)13(24)20-8-12-22-21-11-5-1-2-7-23(11)12/h1-7H,8-9H2,(H,20,24). The van der Waals surface area contributed by atoms with Gasteiger partial charge in [0.15, 0.2) is 18.1 Å². The van der Waals surface area contributed by atoms with E-state index in [1.807, 2.05) is 0 Å². The van der Waals surface area contributed by atoms with Gasteiger partial charge < -0.3 is 10.1 Å². The third-order valence-electron chi connectivity index (χ3n) is 3.18. The first kappa shape index (κ1) is 16.7. The highest BCUT2D eigenvalue weighted by Gasteiger charge is 2.29. The molecule has 1 amide bonds. The van der Waals surface area contributed by atoms with Gasteiger partial charge in [-0.15, -0.1) is 10.2 Å². The molecule has 10 heteroatoms. The molecule has 0 fully saturated rings. The number of nitrogens with one attached hydrogen (secondary N) is 1. The van der Waals surface area contributed by atoms with Crippen LogP contribution in [0.3, 0.4) is 0 Å². The van der Waals surface area contributed by atoms with Crippen LogP contribution in [-0.2, 0) is 6.54 Å². The van der Waals surface area contributed by atoms with Gasteiger partial charge in [0.25, 0.3) is 5.91 Å². The van der Waals surface area contributed by atoms with Crippen LogP contribution in [0.5, 0.6) is 5.88 Å². The van der Waals surface area contributed by atoms with Crippen LogP contribution in [0.2, 0.25) is 0 Å². The topological polar surface area (TPSA) is 81.4 Å². The lowest BCUT2D eigenvalue weighted by molar-refractivity contribution is -0.154. The monoisotopic (exact) mass is 351 g/mol. The third kappa shape index (κ3) is 4.03. The summed E-state index contributed by atoms with van der Waals surface area (Å²) in [6.45, 7) is -1.49. The SMILES string of the molecule is O=C(NCc1nnc2ccccn12)c1cccnc1OCC(F)(F)F. The van der Waals surface area contributed by atoms with Crippen molar-refractivity contribution in [3.63, 3.8) is 0 Å². The van der Waals surface area contributed by atoms with Crippen molar-refractivity contribution < 1.29 is 22.7 Å². The number of alkyl halides is 3. The fraction of sp³-hybridized carbons (Fsp3) is 0.200. The van der Waals surface area contributed by atoms with Crippen molar-refractivity contribution in [2.75, 3.05) is 6.61 Å². The van der Waals surface area contributed by atoms with Crippen LogP contribution in [0.1, 0.15) is 16.2 Å². The van der Waals surface area contributed by atoms with E-state index in [9.17, 15) is 18.0 Å². The van der Waals surface area contributed by atoms with Gasteiger partial charge in [0, 0.05) is 12.4 Å². The minimum absolute atomic E-state index is 0.0393. The summed E-state index contributed by atoms with van der Waals surface area (Å²) in [6.07, 6.45) is -1.54. The van der Waals surface area contributed by atoms with E-state index in [2.05, 4.69) is 25.2 Å². The Balaban J connectivity index is 1.71. The first-order chi connectivity index (χ1) is 11.9. The maximum Gasteiger partial charge on any atom is 0.422 e. The van der Waals surface area contributed by atoms with E-state index >= 15 is 0 Å². The molecule has 3 heterocycles. The van der Waals surface area contributed by atoms with Crippen molar-refractivity contribution in [3.8, 4) is 5.88 Å². The second-order valence-electron chi connectivity index (χ2n) is 4.99. The number of nitrogens with zero attached hydrogens (tertiary/aromatic N) is 4. The number of hydrogen-bond acceptors (Lipinski definition) is 5. The average Bonchev–Trinajstić information content (AvgIpc) is 3.01. The van der Waals surface area contributed by atoms with Crippen molar-refractivity contribution in [3.05, 3.63) is 54.1 Å². The van der Waals surface area contributed by atoms with Gasteiger partial charge in [0.1, 0.15) is 5.56 Å². The number of pyridine rings is 2. The highest BCUT2D eigenvalue weighted by Crippen LogP contribution is 2.20. The van der Waals surface area contributed by atoms with Crippen molar-refractivity contribution in [1.82, 2.24) is 24.9 Å². The van der Waals surface area contributed by atoms with Crippen LogP contribution in [0.25, 0.3) is 5.65 Å². The number of aromatic nitrogens is 4. The molecule has 0 saturated heterocycles. The van der Waals surface area contributed by atoms with E-state index in [1.54, 1.807) is 28.8 Å². The van der Waals surface area contributed by atoms with E-state index < -0.39 is 18.7 Å². The van der Waals surface area contributed by atoms with Gasteiger partial charge in [0.05, 0.1) is 6.54 Å². The highest BCUT2D eigenvalue weighted by molar-refractivity contribution is 5.96. The summed E-state index contributed by atoms with van der Waals surface area (Å²) in [5, 5.41) is 10.5. The molecule has 0 radical (unpaired) electrons. The Labute approximate surface area is 139 Å². The Morgan fingerprint density at radius 1 is 1.20 bits per heavy atom. The third-order valence-corrected chi connectivity index (χ3v) is 3.18. The lowest BCUT2D eigenvalue weighted by Crippen LogP contribution is -2.26. The quantitative estimate of drug-likeness (QED) is 0.760. The van der Waals surface area contributed by atoms with Gasteiger partial charge in [0.2, 0.25) is 5.88 Å². The molecule has 7 nitrogen and oxygen atoms in total. The Morgan fingerprint density at radius 3 is 2.84 bits per heavy atom. The van der Waals surface area contributed by atoms with Crippen molar-refractivity contribution in [2.24, 2.45) is 0 Å². The molecule has 0 bridgehead atoms. The Kier molecular flexibility index (Phi) is 4.50. The number of rotatable bonds is 5. The van der Waals surface area contributed by atoms with Gasteiger partial charge in [-0.25, -0.2) is 4.98 Å². The lowest BCUT2D eigenvalue weighted by atomic mass is 10.2. The fourth-order valence-corrected chi connectivity index (χ4v) is 2.09. The number of carbonyl (C=O) groups is 1. The molecular weight excluding hydrogens is 339 g/mol. The molecule has 0 spiro atoms. The second-order valence-corrected chi connectivity index (χ2v) is 4.99. The number of carbonyl (C=O) groups excluding carboxylic acids is 1. The lowest BCUT2D eigenvalue weighted by Gasteiger charge is -2.11. The number of ether oxygens (including phenoxy) is 1. The van der Waals surface area contributed by atoms with E-state index in [1.165, 1.54) is 18.3 Å². The first-order valence-corrected chi connectivity index (χ1v) is 7.15. The fourth-order valence-electron chi connectivity index (χ4n) is 2.09. The summed E-state index contributed by atoms with van der Waals surface area (Å²) < 4.78 is 43.1. The highest BCUT2D eigenvalue weighted by atomic mass is 19.4. The molecule has 3 aromatic heterocycles. The van der Waals surface area contributed by atoms with Gasteiger partial charge in [-0.05, 0) is 24.3 Å². The summed E-state index contributed by atoms with van der Waals surface area (Å²) in [5.41, 5.74) is 0.517. The Hall–Kier alpha value is -3.17. The van der Waals surface area contributed by atoms with Gasteiger partial charge >= 0.3 is 6.18 Å². The summed E-state index contributed by atoms with van der Waals surface area (Å²) in [7, 11) is 0. The van der Waals surface area contributed by atoms with Gasteiger partial charge in [-0.1, -0.05) is 6.07 Å². The van der Waals surface area contributed by atoms with Crippen molar-refractivity contribution in [1.29, 1.82) is 0 Å². The second kappa shape index (κ2) is 6.75. The van der Waals surface area contributed by atoms with Crippen LogP contribution in [0, 0.1) is 0 Å². The number of halogens is 3. The molecule has 0 aliphatic rings. The molecule has 1 N–H and O–H groups in total. The van der Waals surface area contributed by atoms with Crippen LogP contribution in [0.4, 0.5) is 13.2 Å². The predicted octanol–water partition coefficient (Wildman–Crippen LogP) is 2.00. The first-order valence-electron chi connectivity index (χ1n) is 7.15. The summed E-state index contributed by atoms with van der Waals surface area (Å²) in [5.74, 6) is -0.535. The Morgan fingerprint density at radius 2 is 2.04 bits per heavy atom. The van der Waals surface area contributed by atoms with Crippen LogP contribution < -0.4 is 10.1 Å². The molecule has 0 aliphatic heterocycles. The van der Waals surface area contributed by atoms with Crippen molar-refractivity contribution >= 4 is 11.6 Å². The van der Waals surface area contributed by atoms with E-state index in [0.717, 1.165) is 0 Å². The molecule has 3 aromatic rings. The number of amides is 1. The molecule has 0 atom stereocenters. The van der Waals surface area contributed by atoms with Gasteiger partial charge in [-0.2, -0.15) is 13.2 Å². The average molecular weight is 351 g/mol. The largest absolute Gasteiger partial charge is 0.467 e. The normalized spacial score (nSPS) is 11.5. The molecule has 0 aliphatic carbocycles. The zero-order valence-electron chi connectivity index (χ0n) is 12.7. The van der Waals surface area contributed by atoms with E-state index in [0.29, 0.717) is 11.5 Å². The molecular formula is C15H12F3N5O2. The number of hydrogen-bond donors (Lipinski definition) is 1. The van der Waals surface area contributed by atoms with E-state index in [-0.39, 0.29) is 18.0 Å². The maximum atomic E-state index is 12.3. The molecule has 0 saturated carbocycles. The van der Waals surface area contributed by atoms with Crippen LogP contribution in [0.15, 0.2) is 42.7 Å². The minimum Gasteiger partial charge on any atom is -0.467 e. The molecule has 130 valence electrons. The molecule has 0 aromatic carbocycles. The molecule has 0 unspecified atom stereocenters.